The van der Waals surface area contributed by atoms with Crippen LogP contribution in [0.25, 0.3) is 0 Å². The molecule has 30 heavy (non-hydrogen) atoms. The number of rotatable bonds is 4. The summed E-state index contributed by atoms with van der Waals surface area (Å²) in [4.78, 5) is 22.5. The van der Waals surface area contributed by atoms with Crippen LogP contribution in [0.1, 0.15) is 60.3 Å². The predicted octanol–water partition coefficient (Wildman–Crippen LogP) is 4.10. The fraction of sp³-hybridized carbons (Fsp3) is 0.600. The van der Waals surface area contributed by atoms with E-state index in [-0.39, 0.29) is 5.91 Å². The zero-order chi connectivity index (χ0) is 20.7. The summed E-state index contributed by atoms with van der Waals surface area (Å²) < 4.78 is 5.78. The molecular formula is C25H33N3O2. The minimum absolute atomic E-state index is 0.0412. The second-order valence-corrected chi connectivity index (χ2v) is 9.49. The molecule has 0 saturated carbocycles. The zero-order valence-electron chi connectivity index (χ0n) is 18.2. The average Bonchev–Trinajstić information content (AvgIpc) is 3.15. The lowest BCUT2D eigenvalue weighted by molar-refractivity contribution is -0.0503. The highest BCUT2D eigenvalue weighted by Crippen LogP contribution is 2.40. The Morgan fingerprint density at radius 1 is 1.17 bits per heavy atom. The van der Waals surface area contributed by atoms with Gasteiger partial charge in [-0.15, -0.1) is 0 Å². The summed E-state index contributed by atoms with van der Waals surface area (Å²) in [6, 6.07) is 12.2. The van der Waals surface area contributed by atoms with Crippen molar-refractivity contribution in [2.24, 2.45) is 11.8 Å². The number of aromatic nitrogens is 1. The van der Waals surface area contributed by atoms with Gasteiger partial charge in [-0.1, -0.05) is 43.7 Å². The summed E-state index contributed by atoms with van der Waals surface area (Å²) in [6.07, 6.45) is 7.00. The van der Waals surface area contributed by atoms with Crippen molar-refractivity contribution in [3.05, 3.63) is 53.2 Å². The number of piperidine rings is 3. The van der Waals surface area contributed by atoms with Gasteiger partial charge >= 0.3 is 0 Å². The van der Waals surface area contributed by atoms with E-state index in [1.807, 2.05) is 13.8 Å². The number of fused-ring (bicyclic) bond motifs is 4. The summed E-state index contributed by atoms with van der Waals surface area (Å²) in [5.74, 6) is 2.30. The van der Waals surface area contributed by atoms with Gasteiger partial charge in [0.15, 0.2) is 5.89 Å². The van der Waals surface area contributed by atoms with Crippen molar-refractivity contribution in [1.82, 2.24) is 14.8 Å². The molecule has 2 bridgehead atoms. The molecule has 3 saturated heterocycles. The van der Waals surface area contributed by atoms with Gasteiger partial charge in [0.05, 0.1) is 5.69 Å². The van der Waals surface area contributed by atoms with E-state index in [0.717, 1.165) is 38.2 Å². The highest BCUT2D eigenvalue weighted by atomic mass is 16.4. The van der Waals surface area contributed by atoms with Gasteiger partial charge in [0.2, 0.25) is 5.76 Å². The summed E-state index contributed by atoms with van der Waals surface area (Å²) in [7, 11) is 0. The molecular weight excluding hydrogens is 374 g/mol. The first-order valence-electron chi connectivity index (χ1n) is 11.7. The third kappa shape index (κ3) is 3.68. The van der Waals surface area contributed by atoms with Crippen LogP contribution in [0.15, 0.2) is 34.7 Å². The molecule has 1 amide bonds. The number of oxazole rings is 1. The van der Waals surface area contributed by atoms with Crippen molar-refractivity contribution < 1.29 is 9.21 Å². The van der Waals surface area contributed by atoms with E-state index in [1.54, 1.807) is 0 Å². The Kier molecular flexibility index (Phi) is 5.40. The molecule has 0 aliphatic carbocycles. The molecule has 5 nitrogen and oxygen atoms in total. The van der Waals surface area contributed by atoms with E-state index < -0.39 is 0 Å². The van der Waals surface area contributed by atoms with Crippen molar-refractivity contribution in [2.75, 3.05) is 19.6 Å². The second-order valence-electron chi connectivity index (χ2n) is 9.49. The van der Waals surface area contributed by atoms with Crippen LogP contribution < -0.4 is 0 Å². The SMILES string of the molecule is CCc1nc(C)c(C(=O)N2C[C@@H]3C[C@H](C2)[C@@H]2CCC[C@H](Cc4ccccc4)N2C3)o1. The molecule has 4 heterocycles. The lowest BCUT2D eigenvalue weighted by Crippen LogP contribution is -2.62. The van der Waals surface area contributed by atoms with Gasteiger partial charge in [-0.3, -0.25) is 9.69 Å². The summed E-state index contributed by atoms with van der Waals surface area (Å²) in [5, 5.41) is 0. The van der Waals surface area contributed by atoms with Gasteiger partial charge in [-0.2, -0.15) is 0 Å². The van der Waals surface area contributed by atoms with E-state index in [0.29, 0.717) is 35.6 Å². The Labute approximate surface area is 179 Å². The van der Waals surface area contributed by atoms with Gasteiger partial charge in [0.25, 0.3) is 5.91 Å². The van der Waals surface area contributed by atoms with Crippen molar-refractivity contribution in [3.63, 3.8) is 0 Å². The number of aryl methyl sites for hydroxylation is 2. The van der Waals surface area contributed by atoms with Crippen molar-refractivity contribution in [2.45, 2.75) is 64.5 Å². The third-order valence-electron chi connectivity index (χ3n) is 7.45. The first-order valence-corrected chi connectivity index (χ1v) is 11.7. The number of hydrogen-bond donors (Lipinski definition) is 0. The van der Waals surface area contributed by atoms with Gasteiger partial charge < -0.3 is 9.32 Å². The van der Waals surface area contributed by atoms with E-state index in [9.17, 15) is 4.79 Å². The topological polar surface area (TPSA) is 49.6 Å². The normalized spacial score (nSPS) is 28.9. The minimum atomic E-state index is 0.0412. The quantitative estimate of drug-likeness (QED) is 0.766. The summed E-state index contributed by atoms with van der Waals surface area (Å²) >= 11 is 0. The molecule has 1 aromatic heterocycles. The van der Waals surface area contributed by atoms with Gasteiger partial charge in [0, 0.05) is 38.1 Å². The van der Waals surface area contributed by atoms with Crippen LogP contribution in [0.5, 0.6) is 0 Å². The lowest BCUT2D eigenvalue weighted by Gasteiger charge is -2.55. The van der Waals surface area contributed by atoms with Gasteiger partial charge in [0.1, 0.15) is 0 Å². The maximum absolute atomic E-state index is 13.2. The Hall–Kier alpha value is -2.14. The molecule has 5 rings (SSSR count). The molecule has 1 aromatic carbocycles. The number of nitrogens with zero attached hydrogens (tertiary/aromatic N) is 3. The van der Waals surface area contributed by atoms with Crippen LogP contribution in [0, 0.1) is 18.8 Å². The maximum atomic E-state index is 13.2. The number of hydrogen-bond acceptors (Lipinski definition) is 4. The van der Waals surface area contributed by atoms with Crippen LogP contribution in [-0.2, 0) is 12.8 Å². The van der Waals surface area contributed by atoms with E-state index in [2.05, 4.69) is 45.1 Å². The van der Waals surface area contributed by atoms with Gasteiger partial charge in [-0.25, -0.2) is 4.98 Å². The molecule has 3 aliphatic heterocycles. The number of benzene rings is 1. The van der Waals surface area contributed by atoms with E-state index in [1.165, 1.54) is 31.2 Å². The Morgan fingerprint density at radius 2 is 2.00 bits per heavy atom. The van der Waals surface area contributed by atoms with E-state index >= 15 is 0 Å². The van der Waals surface area contributed by atoms with Crippen LogP contribution >= 0.6 is 0 Å². The molecule has 0 N–H and O–H groups in total. The Balaban J connectivity index is 1.31. The fourth-order valence-electron chi connectivity index (χ4n) is 6.13. The third-order valence-corrected chi connectivity index (χ3v) is 7.45. The zero-order valence-corrected chi connectivity index (χ0v) is 18.2. The lowest BCUT2D eigenvalue weighted by atomic mass is 9.74. The summed E-state index contributed by atoms with van der Waals surface area (Å²) in [5.41, 5.74) is 2.18. The number of carbonyl (C=O) groups excluding carboxylic acids is 1. The molecule has 0 radical (unpaired) electrons. The van der Waals surface area contributed by atoms with Gasteiger partial charge in [-0.05, 0) is 50.0 Å². The molecule has 0 unspecified atom stereocenters. The Bertz CT molecular complexity index is 893. The molecule has 2 aromatic rings. The monoisotopic (exact) mass is 407 g/mol. The Morgan fingerprint density at radius 3 is 2.77 bits per heavy atom. The number of likely N-dealkylation sites (tertiary alicyclic amines) is 1. The largest absolute Gasteiger partial charge is 0.435 e. The molecule has 5 heteroatoms. The smallest absolute Gasteiger partial charge is 0.291 e. The van der Waals surface area contributed by atoms with Crippen LogP contribution in [0.2, 0.25) is 0 Å². The standard InChI is InChI=1S/C25H33N3O2/c1-3-23-26-17(2)24(30-23)25(29)27-14-19-12-20(16-27)22-11-7-10-21(28(22)15-19)13-18-8-5-4-6-9-18/h4-6,8-9,19-22H,3,7,10-16H2,1-2H3/t19-,20+,21+,22-/m0/s1. The van der Waals surface area contributed by atoms with Crippen molar-refractivity contribution in [3.8, 4) is 0 Å². The number of amides is 1. The fourth-order valence-corrected chi connectivity index (χ4v) is 6.13. The summed E-state index contributed by atoms with van der Waals surface area (Å²) in [6.45, 7) is 6.72. The maximum Gasteiger partial charge on any atom is 0.291 e. The van der Waals surface area contributed by atoms with Crippen LogP contribution in [0.4, 0.5) is 0 Å². The van der Waals surface area contributed by atoms with E-state index in [4.69, 9.17) is 4.42 Å². The number of carbonyl (C=O) groups is 1. The second kappa shape index (κ2) is 8.18. The first-order chi connectivity index (χ1) is 14.6. The highest BCUT2D eigenvalue weighted by Gasteiger charge is 2.45. The van der Waals surface area contributed by atoms with Crippen molar-refractivity contribution in [1.29, 1.82) is 0 Å². The van der Waals surface area contributed by atoms with Crippen LogP contribution in [-0.4, -0.2) is 52.4 Å². The molecule has 0 spiro atoms. The first kappa shape index (κ1) is 19.8. The van der Waals surface area contributed by atoms with Crippen molar-refractivity contribution >= 4 is 5.91 Å². The molecule has 4 atom stereocenters. The average molecular weight is 408 g/mol. The minimum Gasteiger partial charge on any atom is -0.435 e. The van der Waals surface area contributed by atoms with Crippen LogP contribution in [0.3, 0.4) is 0 Å². The highest BCUT2D eigenvalue weighted by molar-refractivity contribution is 5.92. The predicted molar refractivity (Wildman–Crippen MR) is 116 cm³/mol. The molecule has 160 valence electrons. The molecule has 3 aliphatic rings. The molecule has 3 fully saturated rings.